The number of aliphatic carboxylic acids is 1. The van der Waals surface area contributed by atoms with Gasteiger partial charge in [-0.05, 0) is 48.3 Å². The minimum Gasteiger partial charge on any atom is -0.493 e. The SMILES string of the molecule is COc1ccc(C2CC(C)(C)CCC2C(=O)O)cc1OC. The number of hydrogen-bond donors (Lipinski definition) is 1. The maximum atomic E-state index is 11.6. The third kappa shape index (κ3) is 3.31. The number of carboxylic acids is 1. The fourth-order valence-corrected chi connectivity index (χ4v) is 3.32. The van der Waals surface area contributed by atoms with E-state index in [2.05, 4.69) is 13.8 Å². The molecule has 1 aromatic rings. The van der Waals surface area contributed by atoms with Crippen molar-refractivity contribution >= 4 is 5.97 Å². The Bertz CT molecular complexity index is 522. The lowest BCUT2D eigenvalue weighted by molar-refractivity contribution is -0.144. The zero-order chi connectivity index (χ0) is 15.6. The highest BCUT2D eigenvalue weighted by Crippen LogP contribution is 2.47. The molecule has 2 atom stereocenters. The molecule has 1 N–H and O–H groups in total. The molecule has 2 rings (SSSR count). The smallest absolute Gasteiger partial charge is 0.307 e. The first-order chi connectivity index (χ1) is 9.88. The highest BCUT2D eigenvalue weighted by atomic mass is 16.5. The molecule has 1 fully saturated rings. The predicted molar refractivity (Wildman–Crippen MR) is 81.0 cm³/mol. The Hall–Kier alpha value is -1.71. The Balaban J connectivity index is 2.38. The van der Waals surface area contributed by atoms with E-state index in [1.807, 2.05) is 18.2 Å². The highest BCUT2D eigenvalue weighted by molar-refractivity contribution is 5.71. The highest BCUT2D eigenvalue weighted by Gasteiger charge is 2.39. The minimum atomic E-state index is -0.703. The molecule has 0 heterocycles. The van der Waals surface area contributed by atoms with Gasteiger partial charge < -0.3 is 14.6 Å². The summed E-state index contributed by atoms with van der Waals surface area (Å²) in [6, 6.07) is 5.74. The molecule has 116 valence electrons. The summed E-state index contributed by atoms with van der Waals surface area (Å²) < 4.78 is 10.6. The summed E-state index contributed by atoms with van der Waals surface area (Å²) in [6.45, 7) is 4.41. The van der Waals surface area contributed by atoms with E-state index < -0.39 is 5.97 Å². The minimum absolute atomic E-state index is 0.0195. The fourth-order valence-electron chi connectivity index (χ4n) is 3.32. The van der Waals surface area contributed by atoms with E-state index in [4.69, 9.17) is 9.47 Å². The third-order valence-corrected chi connectivity index (χ3v) is 4.54. The second-order valence-corrected chi connectivity index (χ2v) is 6.57. The van der Waals surface area contributed by atoms with Gasteiger partial charge in [0, 0.05) is 0 Å². The second-order valence-electron chi connectivity index (χ2n) is 6.57. The lowest BCUT2D eigenvalue weighted by Gasteiger charge is -2.39. The second kappa shape index (κ2) is 5.96. The van der Waals surface area contributed by atoms with Crippen molar-refractivity contribution in [3.05, 3.63) is 23.8 Å². The van der Waals surface area contributed by atoms with Gasteiger partial charge in [0.25, 0.3) is 0 Å². The molecule has 0 saturated heterocycles. The van der Waals surface area contributed by atoms with Crippen LogP contribution in [-0.4, -0.2) is 25.3 Å². The van der Waals surface area contributed by atoms with Crippen molar-refractivity contribution in [1.29, 1.82) is 0 Å². The van der Waals surface area contributed by atoms with Gasteiger partial charge in [0.15, 0.2) is 11.5 Å². The Morgan fingerprint density at radius 2 is 1.90 bits per heavy atom. The molecule has 0 radical (unpaired) electrons. The van der Waals surface area contributed by atoms with Crippen molar-refractivity contribution in [2.75, 3.05) is 14.2 Å². The molecule has 0 spiro atoms. The van der Waals surface area contributed by atoms with E-state index in [1.165, 1.54) is 0 Å². The Labute approximate surface area is 126 Å². The van der Waals surface area contributed by atoms with Gasteiger partial charge in [-0.2, -0.15) is 0 Å². The van der Waals surface area contributed by atoms with Crippen LogP contribution in [0.25, 0.3) is 0 Å². The first-order valence-corrected chi connectivity index (χ1v) is 7.32. The molecule has 1 aromatic carbocycles. The number of carboxylic acid groups (broad SMARTS) is 1. The van der Waals surface area contributed by atoms with Crippen LogP contribution in [0.3, 0.4) is 0 Å². The molecule has 1 aliphatic carbocycles. The van der Waals surface area contributed by atoms with Crippen molar-refractivity contribution < 1.29 is 19.4 Å². The van der Waals surface area contributed by atoms with Crippen LogP contribution in [0.2, 0.25) is 0 Å². The van der Waals surface area contributed by atoms with Gasteiger partial charge in [-0.25, -0.2) is 0 Å². The number of hydrogen-bond acceptors (Lipinski definition) is 3. The van der Waals surface area contributed by atoms with E-state index in [0.29, 0.717) is 11.5 Å². The van der Waals surface area contributed by atoms with Crippen molar-refractivity contribution in [3.8, 4) is 11.5 Å². The van der Waals surface area contributed by atoms with Crippen molar-refractivity contribution in [2.24, 2.45) is 11.3 Å². The Kier molecular flexibility index (Phi) is 4.45. The molecular formula is C17H24O4. The van der Waals surface area contributed by atoms with Gasteiger partial charge in [0.1, 0.15) is 0 Å². The van der Waals surface area contributed by atoms with Gasteiger partial charge in [-0.15, -0.1) is 0 Å². The number of ether oxygens (including phenoxy) is 2. The first-order valence-electron chi connectivity index (χ1n) is 7.32. The quantitative estimate of drug-likeness (QED) is 0.919. The van der Waals surface area contributed by atoms with Gasteiger partial charge in [0.2, 0.25) is 0 Å². The fraction of sp³-hybridized carbons (Fsp3) is 0.588. The molecular weight excluding hydrogens is 268 g/mol. The largest absolute Gasteiger partial charge is 0.493 e. The summed E-state index contributed by atoms with van der Waals surface area (Å²) in [4.78, 5) is 11.6. The van der Waals surface area contributed by atoms with Crippen LogP contribution in [0.15, 0.2) is 18.2 Å². The third-order valence-electron chi connectivity index (χ3n) is 4.54. The van der Waals surface area contributed by atoms with E-state index in [1.54, 1.807) is 14.2 Å². The van der Waals surface area contributed by atoms with Gasteiger partial charge in [-0.3, -0.25) is 4.79 Å². The molecule has 0 bridgehead atoms. The normalized spacial score (nSPS) is 24.4. The van der Waals surface area contributed by atoms with Gasteiger partial charge in [-0.1, -0.05) is 19.9 Å². The van der Waals surface area contributed by atoms with Gasteiger partial charge >= 0.3 is 5.97 Å². The average Bonchev–Trinajstić information content (AvgIpc) is 2.45. The zero-order valence-corrected chi connectivity index (χ0v) is 13.2. The Morgan fingerprint density at radius 1 is 1.24 bits per heavy atom. The predicted octanol–water partition coefficient (Wildman–Crippen LogP) is 3.70. The molecule has 1 aliphatic rings. The summed E-state index contributed by atoms with van der Waals surface area (Å²) >= 11 is 0. The standard InChI is InChI=1S/C17H24O4/c1-17(2)8-7-12(16(18)19)13(10-17)11-5-6-14(20-3)15(9-11)21-4/h5-6,9,12-13H,7-8,10H2,1-4H3,(H,18,19). The maximum absolute atomic E-state index is 11.6. The van der Waals surface area contributed by atoms with Crippen molar-refractivity contribution in [2.45, 2.75) is 39.0 Å². The van der Waals surface area contributed by atoms with E-state index in [9.17, 15) is 9.90 Å². The molecule has 4 heteroatoms. The van der Waals surface area contributed by atoms with Gasteiger partial charge in [0.05, 0.1) is 20.1 Å². The summed E-state index contributed by atoms with van der Waals surface area (Å²) in [7, 11) is 3.20. The van der Waals surface area contributed by atoms with Crippen LogP contribution < -0.4 is 9.47 Å². The van der Waals surface area contributed by atoms with Crippen LogP contribution in [0.4, 0.5) is 0 Å². The summed E-state index contributed by atoms with van der Waals surface area (Å²) in [6.07, 6.45) is 2.55. The maximum Gasteiger partial charge on any atom is 0.307 e. The van der Waals surface area contributed by atoms with Crippen LogP contribution in [-0.2, 0) is 4.79 Å². The molecule has 0 aliphatic heterocycles. The first kappa shape index (κ1) is 15.7. The average molecular weight is 292 g/mol. The lowest BCUT2D eigenvalue weighted by atomic mass is 9.65. The molecule has 0 amide bonds. The monoisotopic (exact) mass is 292 g/mol. The number of rotatable bonds is 4. The number of carbonyl (C=O) groups is 1. The topological polar surface area (TPSA) is 55.8 Å². The van der Waals surface area contributed by atoms with Crippen LogP contribution >= 0.6 is 0 Å². The number of methoxy groups -OCH3 is 2. The Morgan fingerprint density at radius 3 is 2.48 bits per heavy atom. The number of benzene rings is 1. The van der Waals surface area contributed by atoms with Crippen LogP contribution in [0.1, 0.15) is 44.6 Å². The lowest BCUT2D eigenvalue weighted by Crippen LogP contribution is -2.33. The van der Waals surface area contributed by atoms with Crippen LogP contribution in [0, 0.1) is 11.3 Å². The molecule has 21 heavy (non-hydrogen) atoms. The summed E-state index contributed by atoms with van der Waals surface area (Å²) in [5.41, 5.74) is 1.19. The van der Waals surface area contributed by atoms with Crippen molar-refractivity contribution in [3.63, 3.8) is 0 Å². The van der Waals surface area contributed by atoms with Crippen molar-refractivity contribution in [1.82, 2.24) is 0 Å². The van der Waals surface area contributed by atoms with E-state index >= 15 is 0 Å². The molecule has 4 nitrogen and oxygen atoms in total. The van der Waals surface area contributed by atoms with Crippen LogP contribution in [0.5, 0.6) is 11.5 Å². The summed E-state index contributed by atoms with van der Waals surface area (Å²) in [5, 5.41) is 9.51. The van der Waals surface area contributed by atoms with E-state index in [-0.39, 0.29) is 17.3 Å². The van der Waals surface area contributed by atoms with E-state index in [0.717, 1.165) is 24.8 Å². The molecule has 1 saturated carbocycles. The molecule has 2 unspecified atom stereocenters. The molecule has 0 aromatic heterocycles. The summed E-state index contributed by atoms with van der Waals surface area (Å²) in [5.74, 6) is 0.318. The zero-order valence-electron chi connectivity index (χ0n) is 13.2.